The molecule has 1 N–H and O–H groups in total. The molecule has 2 aromatic rings. The van der Waals surface area contributed by atoms with Crippen molar-refractivity contribution >= 4 is 34.8 Å². The fourth-order valence-electron chi connectivity index (χ4n) is 2.63. The zero-order valence-corrected chi connectivity index (χ0v) is 13.2. The van der Waals surface area contributed by atoms with E-state index >= 15 is 0 Å². The van der Waals surface area contributed by atoms with Crippen molar-refractivity contribution in [1.82, 2.24) is 4.90 Å². The molecule has 0 saturated carbocycles. The third kappa shape index (κ3) is 2.87. The van der Waals surface area contributed by atoms with Gasteiger partial charge in [0.05, 0.1) is 4.88 Å². The largest absolute Gasteiger partial charge is 0.480 e. The number of rotatable bonds is 3. The van der Waals surface area contributed by atoms with Gasteiger partial charge >= 0.3 is 5.97 Å². The molecule has 1 aliphatic heterocycles. The van der Waals surface area contributed by atoms with Crippen LogP contribution in [0.1, 0.15) is 22.5 Å². The molecule has 1 aromatic carbocycles. The Hall–Kier alpha value is -1.85. The van der Waals surface area contributed by atoms with Crippen LogP contribution in [-0.2, 0) is 4.79 Å². The lowest BCUT2D eigenvalue weighted by molar-refractivity contribution is -0.141. The normalized spacial score (nSPS) is 17.7. The fourth-order valence-corrected chi connectivity index (χ4v) is 3.72. The van der Waals surface area contributed by atoms with Crippen LogP contribution in [0.15, 0.2) is 36.4 Å². The van der Waals surface area contributed by atoms with E-state index in [0.717, 1.165) is 16.9 Å². The molecule has 0 radical (unpaired) electrons. The van der Waals surface area contributed by atoms with Crippen LogP contribution in [0.4, 0.5) is 0 Å². The van der Waals surface area contributed by atoms with Crippen LogP contribution in [0.2, 0.25) is 5.02 Å². The standard InChI is InChI=1S/C16H14ClNO3S/c17-11-5-3-10(4-6-11)13-7-8-14(22-13)15(19)18-9-1-2-12(18)16(20)21/h3-8,12H,1-2,9H2,(H,20,21). The number of amides is 1. The van der Waals surface area contributed by atoms with Gasteiger partial charge in [-0.3, -0.25) is 4.79 Å². The maximum absolute atomic E-state index is 12.5. The van der Waals surface area contributed by atoms with Crippen LogP contribution in [0.25, 0.3) is 10.4 Å². The number of likely N-dealkylation sites (tertiary alicyclic amines) is 1. The summed E-state index contributed by atoms with van der Waals surface area (Å²) >= 11 is 7.25. The topological polar surface area (TPSA) is 57.6 Å². The van der Waals surface area contributed by atoms with E-state index in [9.17, 15) is 14.7 Å². The summed E-state index contributed by atoms with van der Waals surface area (Å²) in [6, 6.07) is 10.4. The zero-order chi connectivity index (χ0) is 15.7. The van der Waals surface area contributed by atoms with Gasteiger partial charge in [-0.1, -0.05) is 23.7 Å². The highest BCUT2D eigenvalue weighted by Gasteiger charge is 2.34. The van der Waals surface area contributed by atoms with Crippen LogP contribution in [0.5, 0.6) is 0 Å². The van der Waals surface area contributed by atoms with Crippen LogP contribution >= 0.6 is 22.9 Å². The van der Waals surface area contributed by atoms with Gasteiger partial charge in [0, 0.05) is 16.4 Å². The number of halogens is 1. The number of hydrogen-bond donors (Lipinski definition) is 1. The molecule has 1 fully saturated rings. The number of benzene rings is 1. The monoisotopic (exact) mass is 335 g/mol. The molecule has 3 rings (SSSR count). The number of thiophene rings is 1. The summed E-state index contributed by atoms with van der Waals surface area (Å²) in [5.41, 5.74) is 0.990. The average molecular weight is 336 g/mol. The number of carbonyl (C=O) groups is 2. The second-order valence-corrected chi connectivity index (χ2v) is 6.69. The van der Waals surface area contributed by atoms with E-state index in [1.165, 1.54) is 16.2 Å². The molecular formula is C16H14ClNO3S. The fraction of sp³-hybridized carbons (Fsp3) is 0.250. The average Bonchev–Trinajstić information content (AvgIpc) is 3.17. The minimum absolute atomic E-state index is 0.199. The molecule has 1 saturated heterocycles. The molecule has 0 bridgehead atoms. The summed E-state index contributed by atoms with van der Waals surface area (Å²) in [5, 5.41) is 9.85. The van der Waals surface area contributed by atoms with Crippen molar-refractivity contribution in [2.24, 2.45) is 0 Å². The first-order valence-corrected chi connectivity index (χ1v) is 8.15. The van der Waals surface area contributed by atoms with Gasteiger partial charge in [0.2, 0.25) is 0 Å². The van der Waals surface area contributed by atoms with Crippen LogP contribution in [-0.4, -0.2) is 34.5 Å². The first kappa shape index (κ1) is 15.1. The Kier molecular flexibility index (Phi) is 4.18. The van der Waals surface area contributed by atoms with Gasteiger partial charge in [-0.05, 0) is 42.7 Å². The highest BCUT2D eigenvalue weighted by atomic mass is 35.5. The maximum atomic E-state index is 12.5. The van der Waals surface area contributed by atoms with Gasteiger partial charge < -0.3 is 10.0 Å². The minimum atomic E-state index is -0.930. The second kappa shape index (κ2) is 6.10. The van der Waals surface area contributed by atoms with Gasteiger partial charge in [0.1, 0.15) is 6.04 Å². The van der Waals surface area contributed by atoms with E-state index in [-0.39, 0.29) is 5.91 Å². The Morgan fingerprint density at radius 2 is 1.91 bits per heavy atom. The molecule has 0 aliphatic carbocycles. The molecule has 0 spiro atoms. The summed E-state index contributed by atoms with van der Waals surface area (Å²) in [6.45, 7) is 0.504. The minimum Gasteiger partial charge on any atom is -0.480 e. The summed E-state index contributed by atoms with van der Waals surface area (Å²) in [4.78, 5) is 26.7. The first-order valence-electron chi connectivity index (χ1n) is 6.96. The Balaban J connectivity index is 1.82. The number of carboxylic acids is 1. The van der Waals surface area contributed by atoms with Crippen LogP contribution in [0, 0.1) is 0 Å². The van der Waals surface area contributed by atoms with Gasteiger partial charge in [0.25, 0.3) is 5.91 Å². The number of aliphatic carboxylic acids is 1. The molecule has 1 atom stereocenters. The van der Waals surface area contributed by atoms with Crippen LogP contribution < -0.4 is 0 Å². The van der Waals surface area contributed by atoms with Crippen LogP contribution in [0.3, 0.4) is 0 Å². The Morgan fingerprint density at radius 3 is 2.59 bits per heavy atom. The third-order valence-corrected chi connectivity index (χ3v) is 5.12. The van der Waals surface area contributed by atoms with Gasteiger partial charge in [0.15, 0.2) is 0 Å². The molecule has 1 unspecified atom stereocenters. The van der Waals surface area contributed by atoms with Crippen molar-refractivity contribution in [1.29, 1.82) is 0 Å². The molecule has 1 amide bonds. The van der Waals surface area contributed by atoms with E-state index in [1.54, 1.807) is 18.2 Å². The number of hydrogen-bond acceptors (Lipinski definition) is 3. The molecule has 1 aliphatic rings. The summed E-state index contributed by atoms with van der Waals surface area (Å²) in [5.74, 6) is -1.13. The van der Waals surface area contributed by atoms with Gasteiger partial charge in [-0.15, -0.1) is 11.3 Å². The smallest absolute Gasteiger partial charge is 0.326 e. The Labute approximate surface area is 136 Å². The second-order valence-electron chi connectivity index (χ2n) is 5.17. The predicted octanol–water partition coefficient (Wildman–Crippen LogP) is 3.76. The van der Waals surface area contributed by atoms with Gasteiger partial charge in [-0.2, -0.15) is 0 Å². The van der Waals surface area contributed by atoms with Crippen molar-refractivity contribution in [3.8, 4) is 10.4 Å². The third-order valence-electron chi connectivity index (χ3n) is 3.74. The number of carboxylic acid groups (broad SMARTS) is 1. The SMILES string of the molecule is O=C(O)C1CCCN1C(=O)c1ccc(-c2ccc(Cl)cc2)s1. The molecule has 2 heterocycles. The lowest BCUT2D eigenvalue weighted by atomic mass is 10.2. The van der Waals surface area contributed by atoms with E-state index < -0.39 is 12.0 Å². The lowest BCUT2D eigenvalue weighted by Gasteiger charge is -2.20. The number of nitrogens with zero attached hydrogens (tertiary/aromatic N) is 1. The highest BCUT2D eigenvalue weighted by molar-refractivity contribution is 7.17. The number of carbonyl (C=O) groups excluding carboxylic acids is 1. The first-order chi connectivity index (χ1) is 10.6. The van der Waals surface area contributed by atoms with Crippen molar-refractivity contribution in [3.05, 3.63) is 46.3 Å². The Bertz CT molecular complexity index is 710. The van der Waals surface area contributed by atoms with Crippen molar-refractivity contribution in [2.45, 2.75) is 18.9 Å². The Morgan fingerprint density at radius 1 is 1.18 bits per heavy atom. The molecule has 22 heavy (non-hydrogen) atoms. The summed E-state index contributed by atoms with van der Waals surface area (Å²) in [6.07, 6.45) is 1.26. The molecule has 4 nitrogen and oxygen atoms in total. The molecule has 114 valence electrons. The zero-order valence-electron chi connectivity index (χ0n) is 11.7. The van der Waals surface area contributed by atoms with E-state index in [2.05, 4.69) is 0 Å². The van der Waals surface area contributed by atoms with Crippen molar-refractivity contribution in [2.75, 3.05) is 6.54 Å². The lowest BCUT2D eigenvalue weighted by Crippen LogP contribution is -2.40. The molecule has 1 aromatic heterocycles. The van der Waals surface area contributed by atoms with E-state index in [1.807, 2.05) is 18.2 Å². The van der Waals surface area contributed by atoms with Gasteiger partial charge in [-0.25, -0.2) is 4.79 Å². The molecular weight excluding hydrogens is 322 g/mol. The quantitative estimate of drug-likeness (QED) is 0.929. The summed E-state index contributed by atoms with van der Waals surface area (Å²) in [7, 11) is 0. The van der Waals surface area contributed by atoms with Crippen molar-refractivity contribution < 1.29 is 14.7 Å². The molecule has 6 heteroatoms. The predicted molar refractivity (Wildman–Crippen MR) is 86.5 cm³/mol. The summed E-state index contributed by atoms with van der Waals surface area (Å²) < 4.78 is 0. The van der Waals surface area contributed by atoms with Crippen molar-refractivity contribution in [3.63, 3.8) is 0 Å². The van der Waals surface area contributed by atoms with E-state index in [0.29, 0.717) is 22.9 Å². The van der Waals surface area contributed by atoms with E-state index in [4.69, 9.17) is 11.6 Å². The maximum Gasteiger partial charge on any atom is 0.326 e. The highest BCUT2D eigenvalue weighted by Crippen LogP contribution is 2.31.